The van der Waals surface area contributed by atoms with Gasteiger partial charge in [0.05, 0.1) is 6.26 Å². The van der Waals surface area contributed by atoms with Gasteiger partial charge in [0.25, 0.3) is 0 Å². The summed E-state index contributed by atoms with van der Waals surface area (Å²) in [6.45, 7) is 0.760. The zero-order valence-electron chi connectivity index (χ0n) is 15.2. The molecule has 0 radical (unpaired) electrons. The van der Waals surface area contributed by atoms with Gasteiger partial charge in [0.15, 0.2) is 11.6 Å². The third kappa shape index (κ3) is 8.03. The number of ether oxygens (including phenoxy) is 1. The van der Waals surface area contributed by atoms with Crippen LogP contribution in [0, 0.1) is 11.6 Å². The third-order valence-electron chi connectivity index (χ3n) is 3.50. The fourth-order valence-electron chi connectivity index (χ4n) is 2.23. The molecule has 0 aliphatic rings. The second kappa shape index (κ2) is 10.2. The molecule has 0 aromatic heterocycles. The number of aliphatic hydroxyl groups is 1. The lowest BCUT2D eigenvalue weighted by Gasteiger charge is -2.13. The van der Waals surface area contributed by atoms with Crippen LogP contribution >= 0.6 is 0 Å². The first kappa shape index (κ1) is 21.8. The Morgan fingerprint density at radius 1 is 1.14 bits per heavy atom. The van der Waals surface area contributed by atoms with E-state index in [9.17, 15) is 22.3 Å². The molecular formula is C19H22F2N2O4S. The van der Waals surface area contributed by atoms with E-state index < -0.39 is 27.8 Å². The summed E-state index contributed by atoms with van der Waals surface area (Å²) >= 11 is 0. The smallest absolute Gasteiger partial charge is 0.229 e. The number of rotatable bonds is 10. The predicted octanol–water partition coefficient (Wildman–Crippen LogP) is 2.38. The summed E-state index contributed by atoms with van der Waals surface area (Å²) in [5.41, 5.74) is 0.961. The van der Waals surface area contributed by atoms with E-state index in [2.05, 4.69) is 10.0 Å². The summed E-state index contributed by atoms with van der Waals surface area (Å²) in [7, 11) is -3.33. The van der Waals surface area contributed by atoms with Crippen LogP contribution in [0.2, 0.25) is 0 Å². The number of anilines is 1. The molecule has 9 heteroatoms. The molecule has 0 aliphatic heterocycles. The van der Waals surface area contributed by atoms with Crippen molar-refractivity contribution in [1.82, 2.24) is 5.32 Å². The van der Waals surface area contributed by atoms with Crippen LogP contribution in [0.5, 0.6) is 5.75 Å². The maximum atomic E-state index is 13.1. The molecule has 0 saturated carbocycles. The molecular weight excluding hydrogens is 390 g/mol. The molecule has 2 aromatic rings. The number of nitrogens with one attached hydrogen (secondary N) is 2. The van der Waals surface area contributed by atoms with Crippen molar-refractivity contribution >= 4 is 21.8 Å². The number of benzene rings is 2. The number of hydrogen-bond donors (Lipinski definition) is 3. The Balaban J connectivity index is 1.67. The second-order valence-electron chi connectivity index (χ2n) is 6.10. The van der Waals surface area contributed by atoms with Gasteiger partial charge in [0.2, 0.25) is 10.0 Å². The van der Waals surface area contributed by atoms with Crippen molar-refractivity contribution in [3.63, 3.8) is 0 Å². The van der Waals surface area contributed by atoms with Crippen molar-refractivity contribution in [1.29, 1.82) is 0 Å². The molecule has 28 heavy (non-hydrogen) atoms. The summed E-state index contributed by atoms with van der Waals surface area (Å²) in [6, 6.07) is 9.94. The Bertz CT molecular complexity index is 903. The van der Waals surface area contributed by atoms with Crippen LogP contribution in [0.25, 0.3) is 6.08 Å². The van der Waals surface area contributed by atoms with Crippen molar-refractivity contribution < 1.29 is 27.0 Å². The summed E-state index contributed by atoms with van der Waals surface area (Å²) in [5.74, 6) is -1.29. The first-order valence-corrected chi connectivity index (χ1v) is 10.3. The number of hydrogen-bond acceptors (Lipinski definition) is 5. The van der Waals surface area contributed by atoms with Gasteiger partial charge < -0.3 is 15.2 Å². The Labute approximate surface area is 162 Å². The lowest BCUT2D eigenvalue weighted by Crippen LogP contribution is -2.31. The Hall–Kier alpha value is -2.49. The van der Waals surface area contributed by atoms with E-state index in [1.807, 2.05) is 0 Å². The molecule has 0 fully saturated rings. The van der Waals surface area contributed by atoms with Crippen LogP contribution in [0.1, 0.15) is 5.56 Å². The van der Waals surface area contributed by atoms with Gasteiger partial charge in [0, 0.05) is 18.8 Å². The molecule has 1 atom stereocenters. The Morgan fingerprint density at radius 2 is 1.86 bits per heavy atom. The number of halogens is 2. The zero-order chi connectivity index (χ0) is 20.6. The van der Waals surface area contributed by atoms with E-state index in [0.29, 0.717) is 23.5 Å². The molecule has 6 nitrogen and oxygen atoms in total. The minimum atomic E-state index is -3.33. The SMILES string of the molecule is CS(=O)(=O)Nc1ccc(OC[C@@H](O)CNC/C=C/c2ccc(F)c(F)c2)cc1. The van der Waals surface area contributed by atoms with Crippen molar-refractivity contribution in [2.45, 2.75) is 6.10 Å². The van der Waals surface area contributed by atoms with E-state index in [0.717, 1.165) is 18.4 Å². The van der Waals surface area contributed by atoms with Gasteiger partial charge in [-0.1, -0.05) is 18.2 Å². The highest BCUT2D eigenvalue weighted by Crippen LogP contribution is 2.16. The monoisotopic (exact) mass is 412 g/mol. The molecule has 2 rings (SSSR count). The second-order valence-corrected chi connectivity index (χ2v) is 7.85. The number of aliphatic hydroxyl groups excluding tert-OH is 1. The number of sulfonamides is 1. The highest BCUT2D eigenvalue weighted by molar-refractivity contribution is 7.92. The molecule has 0 amide bonds. The van der Waals surface area contributed by atoms with Crippen LogP contribution in [0.15, 0.2) is 48.5 Å². The van der Waals surface area contributed by atoms with Crippen molar-refractivity contribution in [2.24, 2.45) is 0 Å². The maximum Gasteiger partial charge on any atom is 0.229 e. The molecule has 0 aliphatic carbocycles. The Kier molecular flexibility index (Phi) is 7.91. The summed E-state index contributed by atoms with van der Waals surface area (Å²) in [5, 5.41) is 12.9. The standard InChI is InChI=1S/C19H22F2N2O4S/c1-28(25,26)23-15-5-7-17(8-6-15)27-13-16(24)12-22-10-2-3-14-4-9-18(20)19(21)11-14/h2-9,11,16,22-24H,10,12-13H2,1H3/b3-2+/t16-/m0/s1. The summed E-state index contributed by atoms with van der Waals surface area (Å²) < 4.78 is 56.0. The van der Waals surface area contributed by atoms with Crippen LogP contribution in [-0.2, 0) is 10.0 Å². The van der Waals surface area contributed by atoms with Gasteiger partial charge in [-0.15, -0.1) is 0 Å². The van der Waals surface area contributed by atoms with Crippen LogP contribution in [-0.4, -0.2) is 45.6 Å². The van der Waals surface area contributed by atoms with Gasteiger partial charge in [-0.25, -0.2) is 17.2 Å². The van der Waals surface area contributed by atoms with Crippen molar-refractivity contribution in [3.8, 4) is 5.75 Å². The fourth-order valence-corrected chi connectivity index (χ4v) is 2.79. The van der Waals surface area contributed by atoms with E-state index in [1.54, 1.807) is 36.4 Å². The normalized spacial score (nSPS) is 12.9. The van der Waals surface area contributed by atoms with Gasteiger partial charge in [-0.3, -0.25) is 4.72 Å². The predicted molar refractivity (Wildman–Crippen MR) is 105 cm³/mol. The lowest BCUT2D eigenvalue weighted by molar-refractivity contribution is 0.107. The highest BCUT2D eigenvalue weighted by Gasteiger charge is 2.06. The molecule has 0 saturated heterocycles. The van der Waals surface area contributed by atoms with E-state index in [-0.39, 0.29) is 13.2 Å². The molecule has 3 N–H and O–H groups in total. The van der Waals surface area contributed by atoms with E-state index in [4.69, 9.17) is 4.74 Å². The van der Waals surface area contributed by atoms with Gasteiger partial charge in [-0.2, -0.15) is 0 Å². The molecule has 152 valence electrons. The quantitative estimate of drug-likeness (QED) is 0.522. The highest BCUT2D eigenvalue weighted by atomic mass is 32.2. The van der Waals surface area contributed by atoms with Crippen LogP contribution in [0.4, 0.5) is 14.5 Å². The third-order valence-corrected chi connectivity index (χ3v) is 4.10. The average molecular weight is 412 g/mol. The molecule has 0 unspecified atom stereocenters. The van der Waals surface area contributed by atoms with Crippen molar-refractivity contribution in [3.05, 3.63) is 65.7 Å². The topological polar surface area (TPSA) is 87.7 Å². The first-order chi connectivity index (χ1) is 13.2. The molecule has 2 aromatic carbocycles. The van der Waals surface area contributed by atoms with Crippen LogP contribution in [0.3, 0.4) is 0 Å². The van der Waals surface area contributed by atoms with Crippen molar-refractivity contribution in [2.75, 3.05) is 30.7 Å². The molecule has 0 spiro atoms. The van der Waals surface area contributed by atoms with E-state index >= 15 is 0 Å². The largest absolute Gasteiger partial charge is 0.491 e. The maximum absolute atomic E-state index is 13.1. The minimum absolute atomic E-state index is 0.0543. The molecule has 0 bridgehead atoms. The summed E-state index contributed by atoms with van der Waals surface area (Å²) in [6.07, 6.45) is 3.68. The first-order valence-electron chi connectivity index (χ1n) is 8.44. The lowest BCUT2D eigenvalue weighted by atomic mass is 10.2. The summed E-state index contributed by atoms with van der Waals surface area (Å²) in [4.78, 5) is 0. The molecule has 0 heterocycles. The van der Waals surface area contributed by atoms with Crippen LogP contribution < -0.4 is 14.8 Å². The minimum Gasteiger partial charge on any atom is -0.491 e. The average Bonchev–Trinajstić information content (AvgIpc) is 2.62. The van der Waals surface area contributed by atoms with Gasteiger partial charge in [-0.05, 0) is 42.0 Å². The van der Waals surface area contributed by atoms with Gasteiger partial charge in [0.1, 0.15) is 18.5 Å². The van der Waals surface area contributed by atoms with E-state index in [1.165, 1.54) is 6.07 Å². The zero-order valence-corrected chi connectivity index (χ0v) is 16.0. The fraction of sp³-hybridized carbons (Fsp3) is 0.263. The van der Waals surface area contributed by atoms with Gasteiger partial charge >= 0.3 is 0 Å². The Morgan fingerprint density at radius 3 is 2.50 bits per heavy atom.